The molecule has 3 heterocycles. The Labute approximate surface area is 141 Å². The molecular formula is C17H24N4O3. The first-order chi connectivity index (χ1) is 11.4. The van der Waals surface area contributed by atoms with Crippen molar-refractivity contribution in [3.8, 4) is 0 Å². The number of hydrogen-bond acceptors (Lipinski definition) is 6. The molecule has 3 rings (SSSR count). The van der Waals surface area contributed by atoms with E-state index in [0.717, 1.165) is 42.2 Å². The first-order valence-corrected chi connectivity index (χ1v) is 8.34. The van der Waals surface area contributed by atoms with Crippen molar-refractivity contribution in [1.82, 2.24) is 15.1 Å². The van der Waals surface area contributed by atoms with Crippen LogP contribution in [-0.4, -0.2) is 40.4 Å². The van der Waals surface area contributed by atoms with Gasteiger partial charge in [0.15, 0.2) is 0 Å². The lowest BCUT2D eigenvalue weighted by atomic mass is 10.1. The van der Waals surface area contributed by atoms with Gasteiger partial charge in [0.05, 0.1) is 23.6 Å². The highest BCUT2D eigenvalue weighted by Crippen LogP contribution is 2.17. The topological polar surface area (TPSA) is 84.2 Å². The van der Waals surface area contributed by atoms with Crippen LogP contribution >= 0.6 is 0 Å². The number of rotatable bonds is 4. The van der Waals surface area contributed by atoms with Crippen LogP contribution in [-0.2, 0) is 17.6 Å². The number of aromatic nitrogens is 3. The molecule has 0 unspecified atom stereocenters. The number of ether oxygens (including phenoxy) is 1. The van der Waals surface area contributed by atoms with Crippen molar-refractivity contribution in [2.75, 3.05) is 18.0 Å². The molecule has 1 N–H and O–H groups in total. The third-order valence-corrected chi connectivity index (χ3v) is 4.31. The zero-order valence-corrected chi connectivity index (χ0v) is 14.6. The van der Waals surface area contributed by atoms with Crippen molar-refractivity contribution in [1.29, 1.82) is 0 Å². The minimum absolute atomic E-state index is 0.116. The minimum atomic E-state index is -0.124. The van der Waals surface area contributed by atoms with E-state index in [0.29, 0.717) is 12.4 Å². The standard InChI is InChI=1S/C17H24N4O3/c1-10-8-21(9-11(2)23-10)17-18-14(7-16(22)19-17)5-6-15-12(3)20-24-13(15)4/h7,10-11H,5-6,8-9H2,1-4H3,(H,18,19,22)/t10-,11+. The molecule has 0 amide bonds. The maximum absolute atomic E-state index is 12.0. The normalized spacial score (nSPS) is 21.2. The second-order valence-electron chi connectivity index (χ2n) is 6.53. The van der Waals surface area contributed by atoms with Gasteiger partial charge in [0.25, 0.3) is 5.56 Å². The van der Waals surface area contributed by atoms with Gasteiger partial charge in [-0.05, 0) is 40.5 Å². The lowest BCUT2D eigenvalue weighted by molar-refractivity contribution is -0.00574. The zero-order valence-electron chi connectivity index (χ0n) is 14.6. The van der Waals surface area contributed by atoms with Gasteiger partial charge < -0.3 is 14.2 Å². The smallest absolute Gasteiger partial charge is 0.252 e. The molecule has 1 saturated heterocycles. The number of nitrogens with zero attached hydrogens (tertiary/aromatic N) is 3. The third kappa shape index (κ3) is 3.67. The highest BCUT2D eigenvalue weighted by atomic mass is 16.5. The maximum Gasteiger partial charge on any atom is 0.252 e. The molecule has 0 spiro atoms. The van der Waals surface area contributed by atoms with Crippen molar-refractivity contribution in [3.63, 3.8) is 0 Å². The summed E-state index contributed by atoms with van der Waals surface area (Å²) < 4.78 is 10.9. The fourth-order valence-corrected chi connectivity index (χ4v) is 3.23. The Morgan fingerprint density at radius 3 is 2.58 bits per heavy atom. The van der Waals surface area contributed by atoms with E-state index in [1.165, 1.54) is 0 Å². The van der Waals surface area contributed by atoms with Gasteiger partial charge in [-0.2, -0.15) is 0 Å². The van der Waals surface area contributed by atoms with Gasteiger partial charge in [-0.25, -0.2) is 4.98 Å². The van der Waals surface area contributed by atoms with Crippen LogP contribution < -0.4 is 10.5 Å². The van der Waals surface area contributed by atoms with Crippen LogP contribution in [0.3, 0.4) is 0 Å². The number of H-pyrrole nitrogens is 1. The molecule has 24 heavy (non-hydrogen) atoms. The monoisotopic (exact) mass is 332 g/mol. The Balaban J connectivity index is 1.78. The van der Waals surface area contributed by atoms with Crippen molar-refractivity contribution < 1.29 is 9.26 Å². The van der Waals surface area contributed by atoms with E-state index in [-0.39, 0.29) is 17.8 Å². The fraction of sp³-hybridized carbons (Fsp3) is 0.588. The second-order valence-corrected chi connectivity index (χ2v) is 6.53. The Hall–Kier alpha value is -2.15. The number of aromatic amines is 1. The first-order valence-electron chi connectivity index (χ1n) is 8.34. The summed E-state index contributed by atoms with van der Waals surface area (Å²) in [5.41, 5.74) is 2.64. The quantitative estimate of drug-likeness (QED) is 0.918. The van der Waals surface area contributed by atoms with Gasteiger partial charge in [0.2, 0.25) is 5.95 Å². The number of anilines is 1. The minimum Gasteiger partial charge on any atom is -0.372 e. The van der Waals surface area contributed by atoms with Crippen LogP contribution in [0.25, 0.3) is 0 Å². The van der Waals surface area contributed by atoms with Crippen LogP contribution in [0.4, 0.5) is 5.95 Å². The number of aryl methyl sites for hydroxylation is 3. The molecule has 1 fully saturated rings. The summed E-state index contributed by atoms with van der Waals surface area (Å²) >= 11 is 0. The molecule has 2 aromatic heterocycles. The van der Waals surface area contributed by atoms with E-state index in [4.69, 9.17) is 9.26 Å². The Morgan fingerprint density at radius 2 is 1.96 bits per heavy atom. The van der Waals surface area contributed by atoms with Crippen LogP contribution in [0.2, 0.25) is 0 Å². The van der Waals surface area contributed by atoms with Crippen molar-refractivity contribution in [3.05, 3.63) is 39.1 Å². The summed E-state index contributed by atoms with van der Waals surface area (Å²) in [6, 6.07) is 1.56. The van der Waals surface area contributed by atoms with E-state index in [9.17, 15) is 4.79 Å². The summed E-state index contributed by atoms with van der Waals surface area (Å²) in [6.07, 6.45) is 1.66. The Morgan fingerprint density at radius 1 is 1.25 bits per heavy atom. The van der Waals surface area contributed by atoms with Crippen LogP contribution in [0.1, 0.15) is 36.6 Å². The highest BCUT2D eigenvalue weighted by Gasteiger charge is 2.24. The number of nitrogens with one attached hydrogen (secondary N) is 1. The predicted molar refractivity (Wildman–Crippen MR) is 90.5 cm³/mol. The zero-order chi connectivity index (χ0) is 17.3. The van der Waals surface area contributed by atoms with E-state index in [1.807, 2.05) is 27.7 Å². The summed E-state index contributed by atoms with van der Waals surface area (Å²) in [4.78, 5) is 21.6. The number of hydrogen-bond donors (Lipinski definition) is 1. The fourth-order valence-electron chi connectivity index (χ4n) is 3.23. The maximum atomic E-state index is 12.0. The molecule has 0 bridgehead atoms. The average Bonchev–Trinajstić information content (AvgIpc) is 2.82. The molecule has 1 aliphatic heterocycles. The molecule has 0 aliphatic carbocycles. The van der Waals surface area contributed by atoms with E-state index in [1.54, 1.807) is 6.07 Å². The summed E-state index contributed by atoms with van der Waals surface area (Å²) in [5.74, 6) is 1.45. The molecule has 130 valence electrons. The molecule has 1 aliphatic rings. The molecule has 7 heteroatoms. The van der Waals surface area contributed by atoms with Gasteiger partial charge in [0, 0.05) is 24.7 Å². The van der Waals surface area contributed by atoms with Gasteiger partial charge in [-0.15, -0.1) is 0 Å². The molecule has 2 aromatic rings. The summed E-state index contributed by atoms with van der Waals surface area (Å²) in [5, 5.41) is 3.97. The lowest BCUT2D eigenvalue weighted by Gasteiger charge is -2.35. The third-order valence-electron chi connectivity index (χ3n) is 4.31. The molecular weight excluding hydrogens is 308 g/mol. The molecule has 7 nitrogen and oxygen atoms in total. The number of morpholine rings is 1. The molecule has 0 radical (unpaired) electrons. The van der Waals surface area contributed by atoms with Gasteiger partial charge >= 0.3 is 0 Å². The molecule has 0 saturated carbocycles. The van der Waals surface area contributed by atoms with Crippen molar-refractivity contribution >= 4 is 5.95 Å². The summed E-state index contributed by atoms with van der Waals surface area (Å²) in [7, 11) is 0. The van der Waals surface area contributed by atoms with Crippen LogP contribution in [0.15, 0.2) is 15.4 Å². The molecule has 0 aromatic carbocycles. The largest absolute Gasteiger partial charge is 0.372 e. The van der Waals surface area contributed by atoms with Crippen LogP contribution in [0.5, 0.6) is 0 Å². The summed E-state index contributed by atoms with van der Waals surface area (Å²) in [6.45, 7) is 9.34. The second kappa shape index (κ2) is 6.76. The SMILES string of the molecule is Cc1noc(C)c1CCc1cc(=O)[nH]c(N2C[C@@H](C)O[C@@H](C)C2)n1. The first kappa shape index (κ1) is 16.7. The van der Waals surface area contributed by atoms with Crippen molar-refractivity contribution in [2.24, 2.45) is 0 Å². The molecule has 2 atom stereocenters. The van der Waals surface area contributed by atoms with E-state index < -0.39 is 0 Å². The van der Waals surface area contributed by atoms with Crippen LogP contribution in [0, 0.1) is 13.8 Å². The Kier molecular flexibility index (Phi) is 4.71. The van der Waals surface area contributed by atoms with Gasteiger partial charge in [-0.3, -0.25) is 9.78 Å². The van der Waals surface area contributed by atoms with E-state index >= 15 is 0 Å². The van der Waals surface area contributed by atoms with Gasteiger partial charge in [-0.1, -0.05) is 5.16 Å². The lowest BCUT2D eigenvalue weighted by Crippen LogP contribution is -2.46. The average molecular weight is 332 g/mol. The Bertz CT molecular complexity index is 738. The van der Waals surface area contributed by atoms with E-state index in [2.05, 4.69) is 20.0 Å². The predicted octanol–water partition coefficient (Wildman–Crippen LogP) is 1.77. The van der Waals surface area contributed by atoms with Crippen molar-refractivity contribution in [2.45, 2.75) is 52.7 Å². The van der Waals surface area contributed by atoms with Gasteiger partial charge in [0.1, 0.15) is 5.76 Å². The highest BCUT2D eigenvalue weighted by molar-refractivity contribution is 5.32.